The fraction of sp³-hybridized carbons (Fsp3) is 0.333. The topological polar surface area (TPSA) is 20.2 Å². The van der Waals surface area contributed by atoms with Crippen LogP contribution in [0, 0.1) is 0 Å². The van der Waals surface area contributed by atoms with Gasteiger partial charge < -0.3 is 5.11 Å². The molecular formula is C9H8Br2O. The van der Waals surface area contributed by atoms with Gasteiger partial charge in [0.15, 0.2) is 0 Å². The summed E-state index contributed by atoms with van der Waals surface area (Å²) >= 11 is 7.12. The lowest BCUT2D eigenvalue weighted by Gasteiger charge is -2.00. The fourth-order valence-electron chi connectivity index (χ4n) is 1.28. The highest BCUT2D eigenvalue weighted by Crippen LogP contribution is 2.62. The quantitative estimate of drug-likeness (QED) is 0.787. The van der Waals surface area contributed by atoms with Crippen LogP contribution in [0.15, 0.2) is 24.3 Å². The zero-order valence-electron chi connectivity index (χ0n) is 6.30. The van der Waals surface area contributed by atoms with Crippen molar-refractivity contribution in [3.63, 3.8) is 0 Å². The first-order chi connectivity index (χ1) is 5.59. The summed E-state index contributed by atoms with van der Waals surface area (Å²) in [5.41, 5.74) is 1.27. The molecule has 1 atom stereocenters. The van der Waals surface area contributed by atoms with Gasteiger partial charge in [0.05, 0.1) is 3.23 Å². The number of aromatic hydroxyl groups is 1. The number of halogens is 2. The third-order valence-corrected chi connectivity index (χ3v) is 3.87. The molecule has 2 rings (SSSR count). The highest BCUT2D eigenvalue weighted by atomic mass is 79.9. The van der Waals surface area contributed by atoms with E-state index in [1.165, 1.54) is 5.56 Å². The zero-order chi connectivity index (χ0) is 8.77. The lowest BCUT2D eigenvalue weighted by atomic mass is 10.1. The molecule has 1 nitrogen and oxygen atoms in total. The van der Waals surface area contributed by atoms with Gasteiger partial charge in [0, 0.05) is 5.92 Å². The van der Waals surface area contributed by atoms with E-state index >= 15 is 0 Å². The van der Waals surface area contributed by atoms with E-state index in [4.69, 9.17) is 5.11 Å². The zero-order valence-corrected chi connectivity index (χ0v) is 9.47. The van der Waals surface area contributed by atoms with Crippen LogP contribution in [-0.4, -0.2) is 8.34 Å². The van der Waals surface area contributed by atoms with Gasteiger partial charge in [-0.05, 0) is 24.1 Å². The van der Waals surface area contributed by atoms with Gasteiger partial charge in [0.25, 0.3) is 0 Å². The van der Waals surface area contributed by atoms with Crippen LogP contribution in [0.3, 0.4) is 0 Å². The Labute approximate surface area is 88.0 Å². The van der Waals surface area contributed by atoms with Gasteiger partial charge in [0.1, 0.15) is 5.75 Å². The molecule has 0 saturated heterocycles. The monoisotopic (exact) mass is 290 g/mol. The minimum atomic E-state index is 0.108. The maximum absolute atomic E-state index is 9.07. The molecular weight excluding hydrogens is 284 g/mol. The van der Waals surface area contributed by atoms with Gasteiger partial charge in [0.2, 0.25) is 0 Å². The minimum Gasteiger partial charge on any atom is -0.508 e. The Morgan fingerprint density at radius 1 is 1.25 bits per heavy atom. The van der Waals surface area contributed by atoms with Crippen molar-refractivity contribution >= 4 is 31.9 Å². The van der Waals surface area contributed by atoms with Crippen molar-refractivity contribution in [2.75, 3.05) is 0 Å². The standard InChI is InChI=1S/C9H8Br2O/c10-9(11)5-8(9)6-1-3-7(12)4-2-6/h1-4,8,12H,5H2. The number of hydrogen-bond donors (Lipinski definition) is 1. The average molecular weight is 292 g/mol. The molecule has 1 unspecified atom stereocenters. The van der Waals surface area contributed by atoms with Crippen molar-refractivity contribution < 1.29 is 5.11 Å². The molecule has 0 aromatic heterocycles. The third-order valence-electron chi connectivity index (χ3n) is 2.12. The molecule has 1 fully saturated rings. The molecule has 1 aromatic carbocycles. The van der Waals surface area contributed by atoms with Gasteiger partial charge in [-0.15, -0.1) is 0 Å². The number of hydrogen-bond acceptors (Lipinski definition) is 1. The van der Waals surface area contributed by atoms with Crippen LogP contribution in [-0.2, 0) is 0 Å². The van der Waals surface area contributed by atoms with Crippen molar-refractivity contribution in [3.8, 4) is 5.75 Å². The molecule has 1 aliphatic rings. The van der Waals surface area contributed by atoms with E-state index in [1.807, 2.05) is 12.1 Å². The number of benzene rings is 1. The fourth-order valence-corrected chi connectivity index (χ4v) is 2.46. The van der Waals surface area contributed by atoms with E-state index in [2.05, 4.69) is 31.9 Å². The van der Waals surface area contributed by atoms with Crippen LogP contribution in [0.1, 0.15) is 17.9 Å². The van der Waals surface area contributed by atoms with Crippen LogP contribution in [0.4, 0.5) is 0 Å². The maximum Gasteiger partial charge on any atom is 0.115 e. The number of phenols is 1. The average Bonchev–Trinajstić information content (AvgIpc) is 2.61. The molecule has 3 heteroatoms. The highest BCUT2D eigenvalue weighted by Gasteiger charge is 2.50. The summed E-state index contributed by atoms with van der Waals surface area (Å²) in [6.07, 6.45) is 1.11. The first kappa shape index (κ1) is 8.57. The predicted octanol–water partition coefficient (Wildman–Crippen LogP) is 3.37. The van der Waals surface area contributed by atoms with Gasteiger partial charge in [-0.3, -0.25) is 0 Å². The maximum atomic E-state index is 9.07. The second kappa shape index (κ2) is 2.74. The predicted molar refractivity (Wildman–Crippen MR) is 56.0 cm³/mol. The number of rotatable bonds is 1. The summed E-state index contributed by atoms with van der Waals surface area (Å²) < 4.78 is 0.108. The summed E-state index contributed by atoms with van der Waals surface area (Å²) in [6.45, 7) is 0. The Balaban J connectivity index is 2.21. The largest absolute Gasteiger partial charge is 0.508 e. The van der Waals surface area contributed by atoms with Gasteiger partial charge >= 0.3 is 0 Å². The summed E-state index contributed by atoms with van der Waals surface area (Å²) in [5.74, 6) is 0.868. The summed E-state index contributed by atoms with van der Waals surface area (Å²) in [5, 5.41) is 9.07. The van der Waals surface area contributed by atoms with E-state index in [9.17, 15) is 0 Å². The first-order valence-electron chi connectivity index (χ1n) is 3.76. The molecule has 1 saturated carbocycles. The molecule has 0 bridgehead atoms. The Morgan fingerprint density at radius 2 is 1.75 bits per heavy atom. The molecule has 0 spiro atoms. The SMILES string of the molecule is Oc1ccc(C2CC2(Br)Br)cc1. The molecule has 0 heterocycles. The number of alkyl halides is 2. The Morgan fingerprint density at radius 3 is 2.17 bits per heavy atom. The Hall–Kier alpha value is -0.0200. The van der Waals surface area contributed by atoms with Crippen molar-refractivity contribution in [1.29, 1.82) is 0 Å². The molecule has 12 heavy (non-hydrogen) atoms. The van der Waals surface area contributed by atoms with Gasteiger partial charge in [-0.2, -0.15) is 0 Å². The summed E-state index contributed by atoms with van der Waals surface area (Å²) in [6, 6.07) is 7.38. The Kier molecular flexibility index (Phi) is 1.96. The van der Waals surface area contributed by atoms with Crippen LogP contribution >= 0.6 is 31.9 Å². The summed E-state index contributed by atoms with van der Waals surface area (Å²) in [4.78, 5) is 0. The van der Waals surface area contributed by atoms with Gasteiger partial charge in [-0.25, -0.2) is 0 Å². The molecule has 0 aliphatic heterocycles. The van der Waals surface area contributed by atoms with E-state index in [-0.39, 0.29) is 3.23 Å². The highest BCUT2D eigenvalue weighted by molar-refractivity contribution is 9.25. The lowest BCUT2D eigenvalue weighted by Crippen LogP contribution is -1.87. The van der Waals surface area contributed by atoms with Gasteiger partial charge in [-0.1, -0.05) is 44.0 Å². The molecule has 1 N–H and O–H groups in total. The second-order valence-electron chi connectivity index (χ2n) is 3.11. The molecule has 64 valence electrons. The van der Waals surface area contributed by atoms with Crippen molar-refractivity contribution in [2.45, 2.75) is 15.6 Å². The molecule has 0 amide bonds. The van der Waals surface area contributed by atoms with E-state index in [0.717, 1.165) is 6.42 Å². The normalized spacial score (nSPS) is 25.3. The number of phenolic OH excluding ortho intramolecular Hbond substituents is 1. The van der Waals surface area contributed by atoms with E-state index in [0.29, 0.717) is 11.7 Å². The van der Waals surface area contributed by atoms with Crippen molar-refractivity contribution in [2.24, 2.45) is 0 Å². The van der Waals surface area contributed by atoms with Crippen molar-refractivity contribution in [1.82, 2.24) is 0 Å². The first-order valence-corrected chi connectivity index (χ1v) is 5.35. The minimum absolute atomic E-state index is 0.108. The third kappa shape index (κ3) is 1.52. The molecule has 1 aliphatic carbocycles. The van der Waals surface area contributed by atoms with Crippen LogP contribution in [0.25, 0.3) is 0 Å². The summed E-state index contributed by atoms with van der Waals surface area (Å²) in [7, 11) is 0. The lowest BCUT2D eigenvalue weighted by molar-refractivity contribution is 0.475. The second-order valence-corrected chi connectivity index (χ2v) is 7.00. The molecule has 1 aromatic rings. The van der Waals surface area contributed by atoms with E-state index in [1.54, 1.807) is 12.1 Å². The molecule has 0 radical (unpaired) electrons. The van der Waals surface area contributed by atoms with Crippen LogP contribution < -0.4 is 0 Å². The smallest absolute Gasteiger partial charge is 0.115 e. The van der Waals surface area contributed by atoms with Crippen LogP contribution in [0.2, 0.25) is 0 Å². The van der Waals surface area contributed by atoms with Crippen molar-refractivity contribution in [3.05, 3.63) is 29.8 Å². The van der Waals surface area contributed by atoms with E-state index < -0.39 is 0 Å². The van der Waals surface area contributed by atoms with Crippen LogP contribution in [0.5, 0.6) is 5.75 Å². The Bertz CT molecular complexity index is 292.